The molecule has 1 aliphatic rings. The first-order chi connectivity index (χ1) is 8.42. The van der Waals surface area contributed by atoms with Gasteiger partial charge in [0.1, 0.15) is 11.3 Å². The quantitative estimate of drug-likeness (QED) is 0.849. The molecule has 1 fully saturated rings. The highest BCUT2D eigenvalue weighted by Gasteiger charge is 2.13. The van der Waals surface area contributed by atoms with Gasteiger partial charge in [-0.05, 0) is 25.0 Å². The highest BCUT2D eigenvalue weighted by Crippen LogP contribution is 2.15. The van der Waals surface area contributed by atoms with Crippen LogP contribution in [-0.4, -0.2) is 34.2 Å². The molecule has 0 aliphatic carbocycles. The molecule has 0 amide bonds. The van der Waals surface area contributed by atoms with Crippen molar-refractivity contribution in [2.45, 2.75) is 18.9 Å². The van der Waals surface area contributed by atoms with Gasteiger partial charge in [-0.15, -0.1) is 0 Å². The number of fused-ring (bicyclic) bond motifs is 1. The smallest absolute Gasteiger partial charge is 0.180 e. The Morgan fingerprint density at radius 3 is 2.82 bits per heavy atom. The van der Waals surface area contributed by atoms with E-state index >= 15 is 0 Å². The lowest BCUT2D eigenvalue weighted by Crippen LogP contribution is -2.28. The molecule has 1 aliphatic heterocycles. The highest BCUT2D eigenvalue weighted by molar-refractivity contribution is 5.71. The molecule has 5 nitrogen and oxygen atoms in total. The monoisotopic (exact) mass is 230 g/mol. The van der Waals surface area contributed by atoms with Crippen LogP contribution < -0.4 is 5.32 Å². The van der Waals surface area contributed by atoms with E-state index in [1.807, 2.05) is 12.1 Å². The number of nitrogens with one attached hydrogen (secondary N) is 1. The third-order valence-corrected chi connectivity index (χ3v) is 2.90. The second-order valence-electron chi connectivity index (χ2n) is 4.13. The van der Waals surface area contributed by atoms with Gasteiger partial charge in [-0.25, -0.2) is 9.97 Å². The van der Waals surface area contributed by atoms with Crippen LogP contribution in [0.1, 0.15) is 12.8 Å². The van der Waals surface area contributed by atoms with Crippen molar-refractivity contribution < 1.29 is 4.74 Å². The second kappa shape index (κ2) is 4.63. The number of ether oxygens (including phenoxy) is 1. The molecule has 3 heterocycles. The first kappa shape index (κ1) is 10.4. The molecule has 0 bridgehead atoms. The van der Waals surface area contributed by atoms with Crippen molar-refractivity contribution >= 4 is 17.0 Å². The zero-order valence-electron chi connectivity index (χ0n) is 9.47. The summed E-state index contributed by atoms with van der Waals surface area (Å²) in [6.07, 6.45) is 5.39. The van der Waals surface area contributed by atoms with Crippen LogP contribution >= 0.6 is 0 Å². The summed E-state index contributed by atoms with van der Waals surface area (Å²) >= 11 is 0. The third-order valence-electron chi connectivity index (χ3n) is 2.90. The number of hydrogen-bond donors (Lipinski definition) is 1. The van der Waals surface area contributed by atoms with Crippen LogP contribution in [-0.2, 0) is 4.74 Å². The molecule has 17 heavy (non-hydrogen) atoms. The summed E-state index contributed by atoms with van der Waals surface area (Å²) < 4.78 is 5.32. The van der Waals surface area contributed by atoms with Crippen LogP contribution in [0.15, 0.2) is 24.5 Å². The van der Waals surface area contributed by atoms with E-state index in [0.717, 1.165) is 37.4 Å². The number of rotatable bonds is 2. The van der Waals surface area contributed by atoms with Crippen LogP contribution in [0.25, 0.3) is 11.2 Å². The van der Waals surface area contributed by atoms with Crippen LogP contribution in [0.2, 0.25) is 0 Å². The Morgan fingerprint density at radius 2 is 1.94 bits per heavy atom. The largest absolute Gasteiger partial charge is 0.381 e. The Morgan fingerprint density at radius 1 is 1.12 bits per heavy atom. The summed E-state index contributed by atoms with van der Waals surface area (Å²) in [5.41, 5.74) is 1.51. The molecular weight excluding hydrogens is 216 g/mol. The third kappa shape index (κ3) is 2.34. The fourth-order valence-corrected chi connectivity index (χ4v) is 1.99. The van der Waals surface area contributed by atoms with Gasteiger partial charge in [-0.3, -0.25) is 4.98 Å². The molecule has 0 aromatic carbocycles. The van der Waals surface area contributed by atoms with Gasteiger partial charge < -0.3 is 10.1 Å². The van der Waals surface area contributed by atoms with Gasteiger partial charge >= 0.3 is 0 Å². The average Bonchev–Trinajstić information content (AvgIpc) is 2.40. The molecular formula is C12H14N4O. The number of aromatic nitrogens is 3. The molecule has 2 aromatic rings. The number of pyridine rings is 1. The summed E-state index contributed by atoms with van der Waals surface area (Å²) in [5.74, 6) is 0.866. The van der Waals surface area contributed by atoms with Gasteiger partial charge in [0.25, 0.3) is 0 Å². The SMILES string of the molecule is c1cnc2nc(NC3CCOCC3)ccc2n1. The van der Waals surface area contributed by atoms with Crippen LogP contribution in [0.5, 0.6) is 0 Å². The Bertz CT molecular complexity index is 511. The van der Waals surface area contributed by atoms with E-state index in [-0.39, 0.29) is 0 Å². The lowest BCUT2D eigenvalue weighted by molar-refractivity contribution is 0.0904. The van der Waals surface area contributed by atoms with Crippen LogP contribution in [0.3, 0.4) is 0 Å². The molecule has 0 spiro atoms. The lowest BCUT2D eigenvalue weighted by Gasteiger charge is -2.23. The molecule has 2 aromatic heterocycles. The predicted octanol–water partition coefficient (Wildman–Crippen LogP) is 1.62. The molecule has 0 atom stereocenters. The van der Waals surface area contributed by atoms with Gasteiger partial charge in [0, 0.05) is 31.6 Å². The van der Waals surface area contributed by atoms with E-state index in [2.05, 4.69) is 20.3 Å². The number of hydrogen-bond acceptors (Lipinski definition) is 5. The van der Waals surface area contributed by atoms with E-state index in [0.29, 0.717) is 11.7 Å². The summed E-state index contributed by atoms with van der Waals surface area (Å²) in [5, 5.41) is 3.41. The van der Waals surface area contributed by atoms with E-state index in [1.54, 1.807) is 12.4 Å². The first-order valence-corrected chi connectivity index (χ1v) is 5.84. The van der Waals surface area contributed by atoms with Crippen molar-refractivity contribution in [1.29, 1.82) is 0 Å². The number of anilines is 1. The fourth-order valence-electron chi connectivity index (χ4n) is 1.99. The Balaban J connectivity index is 1.80. The normalized spacial score (nSPS) is 17.2. The summed E-state index contributed by atoms with van der Waals surface area (Å²) in [4.78, 5) is 12.8. The van der Waals surface area contributed by atoms with Crippen LogP contribution in [0.4, 0.5) is 5.82 Å². The van der Waals surface area contributed by atoms with Gasteiger partial charge in [-0.1, -0.05) is 0 Å². The van der Waals surface area contributed by atoms with E-state index < -0.39 is 0 Å². The molecule has 88 valence electrons. The average molecular weight is 230 g/mol. The Kier molecular flexibility index (Phi) is 2.83. The molecule has 0 radical (unpaired) electrons. The van der Waals surface area contributed by atoms with Gasteiger partial charge in [0.15, 0.2) is 5.65 Å². The maximum absolute atomic E-state index is 5.32. The first-order valence-electron chi connectivity index (χ1n) is 5.84. The summed E-state index contributed by atoms with van der Waals surface area (Å²) in [6.45, 7) is 1.65. The van der Waals surface area contributed by atoms with E-state index in [1.165, 1.54) is 0 Å². The minimum atomic E-state index is 0.449. The molecule has 3 rings (SSSR count). The van der Waals surface area contributed by atoms with Gasteiger partial charge in [-0.2, -0.15) is 0 Å². The standard InChI is InChI=1S/C12H14N4O/c1-2-11(15-9-3-7-17-8-4-9)16-12-10(1)13-5-6-14-12/h1-2,5-6,9H,3-4,7-8H2,(H,14,15,16). The van der Waals surface area contributed by atoms with E-state index in [4.69, 9.17) is 4.74 Å². The molecule has 0 saturated carbocycles. The minimum absolute atomic E-state index is 0.449. The van der Waals surface area contributed by atoms with Crippen LogP contribution in [0, 0.1) is 0 Å². The molecule has 1 N–H and O–H groups in total. The topological polar surface area (TPSA) is 59.9 Å². The Hall–Kier alpha value is -1.75. The fraction of sp³-hybridized carbons (Fsp3) is 0.417. The van der Waals surface area contributed by atoms with Crippen molar-refractivity contribution in [3.63, 3.8) is 0 Å². The van der Waals surface area contributed by atoms with Gasteiger partial charge in [0.2, 0.25) is 0 Å². The molecule has 0 unspecified atom stereocenters. The lowest BCUT2D eigenvalue weighted by atomic mass is 10.1. The maximum Gasteiger partial charge on any atom is 0.180 e. The zero-order valence-corrected chi connectivity index (χ0v) is 9.47. The van der Waals surface area contributed by atoms with E-state index in [9.17, 15) is 0 Å². The highest BCUT2D eigenvalue weighted by atomic mass is 16.5. The molecule has 5 heteroatoms. The minimum Gasteiger partial charge on any atom is -0.381 e. The van der Waals surface area contributed by atoms with Crippen molar-refractivity contribution in [2.24, 2.45) is 0 Å². The summed E-state index contributed by atoms with van der Waals surface area (Å²) in [6, 6.07) is 4.34. The molecule has 1 saturated heterocycles. The Labute approximate surface area is 99.3 Å². The van der Waals surface area contributed by atoms with Gasteiger partial charge in [0.05, 0.1) is 0 Å². The van der Waals surface area contributed by atoms with Crippen molar-refractivity contribution in [2.75, 3.05) is 18.5 Å². The predicted molar refractivity (Wildman–Crippen MR) is 64.8 cm³/mol. The van der Waals surface area contributed by atoms with Crippen molar-refractivity contribution in [3.8, 4) is 0 Å². The summed E-state index contributed by atoms with van der Waals surface area (Å²) in [7, 11) is 0. The zero-order chi connectivity index (χ0) is 11.5. The van der Waals surface area contributed by atoms with Crippen molar-refractivity contribution in [1.82, 2.24) is 15.0 Å². The number of nitrogens with zero attached hydrogens (tertiary/aromatic N) is 3. The van der Waals surface area contributed by atoms with Crippen molar-refractivity contribution in [3.05, 3.63) is 24.5 Å². The second-order valence-corrected chi connectivity index (χ2v) is 4.13. The maximum atomic E-state index is 5.32.